The molecule has 12 heavy (non-hydrogen) atoms. The highest BCUT2D eigenvalue weighted by molar-refractivity contribution is 5.91. The molecule has 0 bridgehead atoms. The van der Waals surface area contributed by atoms with Gasteiger partial charge in [0, 0.05) is 18.3 Å². The lowest BCUT2D eigenvalue weighted by atomic mass is 9.93. The molecule has 0 aliphatic heterocycles. The van der Waals surface area contributed by atoms with Gasteiger partial charge in [0.1, 0.15) is 0 Å². The first kappa shape index (κ1) is 11.6. The van der Waals surface area contributed by atoms with Gasteiger partial charge in [0.05, 0.1) is 0 Å². The van der Waals surface area contributed by atoms with Gasteiger partial charge in [-0.25, -0.2) is 0 Å². The van der Waals surface area contributed by atoms with Crippen molar-refractivity contribution in [3.8, 4) is 0 Å². The third-order valence-corrected chi connectivity index (χ3v) is 1.99. The van der Waals surface area contributed by atoms with Crippen LogP contribution in [0.5, 0.6) is 0 Å². The molecule has 72 valence electrons. The van der Waals surface area contributed by atoms with Gasteiger partial charge in [-0.05, 0) is 18.8 Å². The van der Waals surface area contributed by atoms with Gasteiger partial charge in [0.15, 0.2) is 0 Å². The summed E-state index contributed by atoms with van der Waals surface area (Å²) < 4.78 is 0. The molecule has 0 saturated carbocycles. The fourth-order valence-electron chi connectivity index (χ4n) is 1.20. The Bertz CT molecular complexity index is 148. The van der Waals surface area contributed by atoms with Crippen molar-refractivity contribution in [2.75, 3.05) is 6.54 Å². The summed E-state index contributed by atoms with van der Waals surface area (Å²) in [6.45, 7) is 11.5. The second kappa shape index (κ2) is 5.31. The van der Waals surface area contributed by atoms with Gasteiger partial charge in [-0.1, -0.05) is 27.7 Å². The van der Waals surface area contributed by atoms with Crippen LogP contribution in [0.1, 0.15) is 34.6 Å². The molecule has 2 heteroatoms. The Kier molecular flexibility index (Phi) is 5.14. The summed E-state index contributed by atoms with van der Waals surface area (Å²) in [5.74, 6) is 0.958. The van der Waals surface area contributed by atoms with Gasteiger partial charge in [0.25, 0.3) is 0 Å². The van der Waals surface area contributed by atoms with E-state index < -0.39 is 0 Å². The summed E-state index contributed by atoms with van der Waals surface area (Å²) in [5, 5.41) is 0. The number of hydrogen-bond donors (Lipinski definition) is 1. The van der Waals surface area contributed by atoms with Gasteiger partial charge in [-0.3, -0.25) is 4.99 Å². The molecule has 0 aromatic carbocycles. The average molecular weight is 170 g/mol. The van der Waals surface area contributed by atoms with Crippen LogP contribution in [-0.2, 0) is 0 Å². The number of nitrogens with two attached hydrogens (primary N) is 1. The van der Waals surface area contributed by atoms with Crippen molar-refractivity contribution in [2.24, 2.45) is 22.6 Å². The van der Waals surface area contributed by atoms with Crippen LogP contribution in [0.25, 0.3) is 0 Å². The quantitative estimate of drug-likeness (QED) is 0.645. The summed E-state index contributed by atoms with van der Waals surface area (Å²) in [5.41, 5.74) is 7.18. The van der Waals surface area contributed by atoms with E-state index in [1.54, 1.807) is 0 Å². The molecule has 0 aliphatic carbocycles. The van der Waals surface area contributed by atoms with Crippen LogP contribution in [0.2, 0.25) is 0 Å². The molecule has 1 atom stereocenters. The van der Waals surface area contributed by atoms with Crippen molar-refractivity contribution in [3.05, 3.63) is 0 Å². The molecular formula is C10H22N2. The molecule has 0 radical (unpaired) electrons. The summed E-state index contributed by atoms with van der Waals surface area (Å²) in [4.78, 5) is 4.44. The van der Waals surface area contributed by atoms with Crippen molar-refractivity contribution >= 4 is 5.71 Å². The smallest absolute Gasteiger partial charge is 0.0451 e. The molecule has 0 saturated heterocycles. The van der Waals surface area contributed by atoms with E-state index >= 15 is 0 Å². The first-order valence-corrected chi connectivity index (χ1v) is 4.80. The first-order valence-electron chi connectivity index (χ1n) is 4.80. The largest absolute Gasteiger partial charge is 0.323 e. The zero-order chi connectivity index (χ0) is 9.72. The maximum absolute atomic E-state index is 6.02. The van der Waals surface area contributed by atoms with Gasteiger partial charge < -0.3 is 5.73 Å². The molecule has 0 fully saturated rings. The van der Waals surface area contributed by atoms with Crippen molar-refractivity contribution in [2.45, 2.75) is 40.7 Å². The third-order valence-electron chi connectivity index (χ3n) is 1.99. The van der Waals surface area contributed by atoms with Crippen molar-refractivity contribution in [1.82, 2.24) is 0 Å². The molecule has 0 rings (SSSR count). The predicted molar refractivity (Wildman–Crippen MR) is 55.6 cm³/mol. The van der Waals surface area contributed by atoms with Crippen LogP contribution in [0.4, 0.5) is 0 Å². The molecule has 0 aromatic rings. The SMILES string of the molecule is CCN=C(C(C)C)C(N)C(C)C. The zero-order valence-electron chi connectivity index (χ0n) is 8.96. The van der Waals surface area contributed by atoms with Crippen LogP contribution in [0.3, 0.4) is 0 Å². The van der Waals surface area contributed by atoms with E-state index in [9.17, 15) is 0 Å². The second-order valence-electron chi connectivity index (χ2n) is 3.82. The van der Waals surface area contributed by atoms with E-state index in [1.807, 2.05) is 0 Å². The van der Waals surface area contributed by atoms with E-state index in [2.05, 4.69) is 39.6 Å². The van der Waals surface area contributed by atoms with E-state index in [-0.39, 0.29) is 6.04 Å². The monoisotopic (exact) mass is 170 g/mol. The van der Waals surface area contributed by atoms with E-state index in [0.29, 0.717) is 11.8 Å². The Morgan fingerprint density at radius 3 is 2.00 bits per heavy atom. The Morgan fingerprint density at radius 1 is 1.25 bits per heavy atom. The summed E-state index contributed by atoms with van der Waals surface area (Å²) in [7, 11) is 0. The van der Waals surface area contributed by atoms with E-state index in [0.717, 1.165) is 12.3 Å². The van der Waals surface area contributed by atoms with Crippen LogP contribution in [-0.4, -0.2) is 18.3 Å². The van der Waals surface area contributed by atoms with Crippen LogP contribution < -0.4 is 5.73 Å². The summed E-state index contributed by atoms with van der Waals surface area (Å²) in [6, 6.07) is 0.130. The molecule has 0 heterocycles. The first-order chi connectivity index (χ1) is 5.50. The Balaban J connectivity index is 4.41. The van der Waals surface area contributed by atoms with E-state index in [4.69, 9.17) is 5.73 Å². The van der Waals surface area contributed by atoms with Gasteiger partial charge in [0.2, 0.25) is 0 Å². The minimum absolute atomic E-state index is 0.130. The minimum atomic E-state index is 0.130. The zero-order valence-corrected chi connectivity index (χ0v) is 8.96. The molecular weight excluding hydrogens is 148 g/mol. The van der Waals surface area contributed by atoms with Crippen molar-refractivity contribution in [3.63, 3.8) is 0 Å². The van der Waals surface area contributed by atoms with Crippen LogP contribution in [0, 0.1) is 11.8 Å². The highest BCUT2D eigenvalue weighted by atomic mass is 14.8. The lowest BCUT2D eigenvalue weighted by Crippen LogP contribution is -2.38. The number of hydrogen-bond acceptors (Lipinski definition) is 2. The maximum Gasteiger partial charge on any atom is 0.0451 e. The lowest BCUT2D eigenvalue weighted by molar-refractivity contribution is 0.573. The van der Waals surface area contributed by atoms with Crippen molar-refractivity contribution in [1.29, 1.82) is 0 Å². The Labute approximate surface area is 76.3 Å². The second-order valence-corrected chi connectivity index (χ2v) is 3.82. The minimum Gasteiger partial charge on any atom is -0.323 e. The van der Waals surface area contributed by atoms with Crippen LogP contribution >= 0.6 is 0 Å². The molecule has 1 unspecified atom stereocenters. The number of nitrogens with zero attached hydrogens (tertiary/aromatic N) is 1. The van der Waals surface area contributed by atoms with Crippen molar-refractivity contribution < 1.29 is 0 Å². The highest BCUT2D eigenvalue weighted by Gasteiger charge is 2.17. The fraction of sp³-hybridized carbons (Fsp3) is 0.900. The third kappa shape index (κ3) is 3.35. The highest BCUT2D eigenvalue weighted by Crippen LogP contribution is 2.08. The van der Waals surface area contributed by atoms with Gasteiger partial charge in [-0.2, -0.15) is 0 Å². The van der Waals surface area contributed by atoms with Gasteiger partial charge in [-0.15, -0.1) is 0 Å². The number of aliphatic imine (C=N–C) groups is 1. The topological polar surface area (TPSA) is 38.4 Å². The molecule has 0 aromatic heterocycles. The fourth-order valence-corrected chi connectivity index (χ4v) is 1.20. The predicted octanol–water partition coefficient (Wildman–Crippen LogP) is 2.09. The Morgan fingerprint density at radius 2 is 1.75 bits per heavy atom. The molecule has 0 spiro atoms. The lowest BCUT2D eigenvalue weighted by Gasteiger charge is -2.21. The standard InChI is InChI=1S/C10H22N2/c1-6-12-10(8(4)5)9(11)7(2)3/h7-9H,6,11H2,1-5H3. The summed E-state index contributed by atoms with van der Waals surface area (Å²) in [6.07, 6.45) is 0. The maximum atomic E-state index is 6.02. The van der Waals surface area contributed by atoms with Crippen LogP contribution in [0.15, 0.2) is 4.99 Å². The molecule has 0 aliphatic rings. The van der Waals surface area contributed by atoms with E-state index in [1.165, 1.54) is 0 Å². The summed E-state index contributed by atoms with van der Waals surface area (Å²) >= 11 is 0. The van der Waals surface area contributed by atoms with Gasteiger partial charge >= 0.3 is 0 Å². The average Bonchev–Trinajstić information content (AvgIpc) is 1.98. The molecule has 2 nitrogen and oxygen atoms in total. The molecule has 2 N–H and O–H groups in total. The molecule has 0 amide bonds. The number of rotatable bonds is 4. The Hall–Kier alpha value is -0.370. The normalized spacial score (nSPS) is 15.8.